The van der Waals surface area contributed by atoms with Crippen LogP contribution in [0.1, 0.15) is 27.9 Å². The Hall–Kier alpha value is -4.76. The molecule has 1 fully saturated rings. The maximum Gasteiger partial charge on any atom is 0.258 e. The SMILES string of the molecule is O=C1COc2cccc(c2)-c2cncc(c2)C(=O)N[C@@H]2CN(Cc3ccncc3)CC[C@@H]2Oc2ccc(cc2)CN1. The Bertz CT molecular complexity index is 1510. The number of pyridine rings is 2. The lowest BCUT2D eigenvalue weighted by atomic mass is 10.00. The molecular weight excluding hydrogens is 518 g/mol. The van der Waals surface area contributed by atoms with E-state index >= 15 is 0 Å². The maximum absolute atomic E-state index is 13.6. The van der Waals surface area contributed by atoms with Crippen molar-refractivity contribution >= 4 is 11.8 Å². The number of ether oxygens (including phenoxy) is 2. The maximum atomic E-state index is 13.6. The molecule has 7 rings (SSSR count). The van der Waals surface area contributed by atoms with E-state index in [9.17, 15) is 9.59 Å². The van der Waals surface area contributed by atoms with Crippen LogP contribution < -0.4 is 20.1 Å². The predicted octanol–water partition coefficient (Wildman–Crippen LogP) is 3.60. The molecule has 4 aromatic rings. The van der Waals surface area contributed by atoms with Crippen LogP contribution in [0.3, 0.4) is 0 Å². The molecule has 3 aliphatic heterocycles. The monoisotopic (exact) mass is 549 g/mol. The highest BCUT2D eigenvalue weighted by atomic mass is 16.5. The molecule has 2 atom stereocenters. The van der Waals surface area contributed by atoms with Crippen molar-refractivity contribution in [3.05, 3.63) is 108 Å². The number of likely N-dealkylation sites (tertiary alicyclic amines) is 1. The van der Waals surface area contributed by atoms with E-state index in [1.54, 1.807) is 30.9 Å². The van der Waals surface area contributed by atoms with E-state index in [1.165, 1.54) is 5.56 Å². The minimum Gasteiger partial charge on any atom is -0.488 e. The van der Waals surface area contributed by atoms with Gasteiger partial charge in [0, 0.05) is 56.5 Å². The summed E-state index contributed by atoms with van der Waals surface area (Å²) in [4.78, 5) is 36.8. The fourth-order valence-electron chi connectivity index (χ4n) is 5.17. The Morgan fingerprint density at radius 2 is 1.71 bits per heavy atom. The summed E-state index contributed by atoms with van der Waals surface area (Å²) in [5, 5.41) is 6.14. The van der Waals surface area contributed by atoms with Gasteiger partial charge in [-0.2, -0.15) is 0 Å². The highest BCUT2D eigenvalue weighted by Gasteiger charge is 2.32. The molecule has 0 radical (unpaired) electrons. The van der Waals surface area contributed by atoms with E-state index in [-0.39, 0.29) is 30.6 Å². The summed E-state index contributed by atoms with van der Waals surface area (Å²) in [6, 6.07) is 20.7. The smallest absolute Gasteiger partial charge is 0.258 e. The fraction of sp³-hybridized carbons (Fsp3) is 0.250. The molecule has 3 aliphatic rings. The Morgan fingerprint density at radius 3 is 2.56 bits per heavy atom. The highest BCUT2D eigenvalue weighted by molar-refractivity contribution is 5.95. The molecule has 2 aromatic heterocycles. The van der Waals surface area contributed by atoms with Crippen molar-refractivity contribution in [1.29, 1.82) is 0 Å². The second kappa shape index (κ2) is 12.2. The molecule has 0 aliphatic carbocycles. The molecule has 0 saturated carbocycles. The van der Waals surface area contributed by atoms with E-state index < -0.39 is 0 Å². The number of carbonyl (C=O) groups excluding carboxylic acids is 2. The third kappa shape index (κ3) is 6.70. The lowest BCUT2D eigenvalue weighted by molar-refractivity contribution is -0.123. The van der Waals surface area contributed by atoms with Crippen molar-refractivity contribution in [2.45, 2.75) is 31.7 Å². The molecule has 2 amide bonds. The van der Waals surface area contributed by atoms with Gasteiger partial charge in [0.1, 0.15) is 17.6 Å². The zero-order chi connectivity index (χ0) is 28.0. The number of benzene rings is 2. The van der Waals surface area contributed by atoms with E-state index in [2.05, 4.69) is 25.5 Å². The van der Waals surface area contributed by atoms with Crippen LogP contribution in [0.15, 0.2) is 91.5 Å². The average molecular weight is 550 g/mol. The van der Waals surface area contributed by atoms with E-state index in [0.29, 0.717) is 30.2 Å². The van der Waals surface area contributed by atoms with Gasteiger partial charge in [-0.15, -0.1) is 0 Å². The molecule has 0 unspecified atom stereocenters. The molecule has 2 aromatic carbocycles. The predicted molar refractivity (Wildman–Crippen MR) is 153 cm³/mol. The first kappa shape index (κ1) is 26.5. The van der Waals surface area contributed by atoms with Crippen LogP contribution in [0.5, 0.6) is 11.5 Å². The third-order valence-corrected chi connectivity index (χ3v) is 7.34. The number of carbonyl (C=O) groups is 2. The first-order valence-corrected chi connectivity index (χ1v) is 13.7. The first-order valence-electron chi connectivity index (χ1n) is 13.7. The summed E-state index contributed by atoms with van der Waals surface area (Å²) in [6.45, 7) is 2.51. The van der Waals surface area contributed by atoms with Gasteiger partial charge in [0.2, 0.25) is 0 Å². The number of aromatic nitrogens is 2. The molecule has 41 heavy (non-hydrogen) atoms. The summed E-state index contributed by atoms with van der Waals surface area (Å²) in [6.07, 6.45) is 7.41. The Morgan fingerprint density at radius 1 is 0.878 bits per heavy atom. The number of fused-ring (bicyclic) bond motifs is 7. The lowest BCUT2D eigenvalue weighted by Gasteiger charge is -2.39. The Labute approximate surface area is 238 Å². The van der Waals surface area contributed by atoms with Crippen LogP contribution in [0.4, 0.5) is 0 Å². The summed E-state index contributed by atoms with van der Waals surface area (Å²) in [5.41, 5.74) is 4.18. The summed E-state index contributed by atoms with van der Waals surface area (Å²) >= 11 is 0. The molecule has 6 bridgehead atoms. The van der Waals surface area contributed by atoms with E-state index in [1.807, 2.05) is 60.7 Å². The summed E-state index contributed by atoms with van der Waals surface area (Å²) in [5.74, 6) is 0.846. The molecule has 208 valence electrons. The topological polar surface area (TPSA) is 106 Å². The second-order valence-electron chi connectivity index (χ2n) is 10.3. The first-order chi connectivity index (χ1) is 20.1. The summed E-state index contributed by atoms with van der Waals surface area (Å²) in [7, 11) is 0. The zero-order valence-corrected chi connectivity index (χ0v) is 22.5. The third-order valence-electron chi connectivity index (χ3n) is 7.34. The van der Waals surface area contributed by atoms with Gasteiger partial charge in [-0.25, -0.2) is 0 Å². The number of nitrogens with one attached hydrogen (secondary N) is 2. The quantitative estimate of drug-likeness (QED) is 0.394. The lowest BCUT2D eigenvalue weighted by Crippen LogP contribution is -2.56. The Balaban J connectivity index is 1.29. The zero-order valence-electron chi connectivity index (χ0n) is 22.5. The van der Waals surface area contributed by atoms with Crippen LogP contribution >= 0.6 is 0 Å². The van der Waals surface area contributed by atoms with E-state index in [4.69, 9.17) is 9.47 Å². The number of rotatable bonds is 2. The van der Waals surface area contributed by atoms with Gasteiger partial charge in [-0.05, 0) is 65.6 Å². The Kier molecular flexibility index (Phi) is 7.86. The minimum atomic E-state index is -0.247. The van der Waals surface area contributed by atoms with Gasteiger partial charge in [0.05, 0.1) is 11.6 Å². The highest BCUT2D eigenvalue weighted by Crippen LogP contribution is 2.25. The van der Waals surface area contributed by atoms with Crippen LogP contribution in [0, 0.1) is 0 Å². The van der Waals surface area contributed by atoms with Gasteiger partial charge in [-0.1, -0.05) is 24.3 Å². The minimum absolute atomic E-state index is 0.105. The van der Waals surface area contributed by atoms with Crippen molar-refractivity contribution in [1.82, 2.24) is 25.5 Å². The fourth-order valence-corrected chi connectivity index (χ4v) is 5.17. The van der Waals surface area contributed by atoms with Crippen LogP contribution in [-0.2, 0) is 17.9 Å². The van der Waals surface area contributed by atoms with Gasteiger partial charge >= 0.3 is 0 Å². The average Bonchev–Trinajstić information content (AvgIpc) is 3.01. The molecule has 5 heterocycles. The largest absolute Gasteiger partial charge is 0.488 e. The van der Waals surface area contributed by atoms with Gasteiger partial charge in [0.25, 0.3) is 11.8 Å². The normalized spacial score (nSPS) is 19.6. The van der Waals surface area contributed by atoms with Crippen molar-refractivity contribution in [2.75, 3.05) is 19.7 Å². The number of hydrogen-bond acceptors (Lipinski definition) is 7. The van der Waals surface area contributed by atoms with Crippen LogP contribution in [0.25, 0.3) is 11.1 Å². The number of hydrogen-bond donors (Lipinski definition) is 2. The van der Waals surface area contributed by atoms with Gasteiger partial charge < -0.3 is 20.1 Å². The van der Waals surface area contributed by atoms with Crippen molar-refractivity contribution < 1.29 is 19.1 Å². The van der Waals surface area contributed by atoms with Crippen LogP contribution in [-0.4, -0.2) is 58.5 Å². The van der Waals surface area contributed by atoms with E-state index in [0.717, 1.165) is 36.2 Å². The molecular formula is C32H31N5O4. The molecule has 0 spiro atoms. The number of amides is 2. The van der Waals surface area contributed by atoms with Gasteiger partial charge in [0.15, 0.2) is 6.61 Å². The number of nitrogens with zero attached hydrogens (tertiary/aromatic N) is 3. The number of piperidine rings is 1. The van der Waals surface area contributed by atoms with Crippen molar-refractivity contribution in [2.24, 2.45) is 0 Å². The molecule has 9 nitrogen and oxygen atoms in total. The van der Waals surface area contributed by atoms with Crippen molar-refractivity contribution in [3.8, 4) is 22.6 Å². The van der Waals surface area contributed by atoms with Gasteiger partial charge in [-0.3, -0.25) is 24.5 Å². The molecule has 1 saturated heterocycles. The second-order valence-corrected chi connectivity index (χ2v) is 10.3. The standard InChI is InChI=1S/C32H31N5O4/c38-31-21-40-28-3-1-2-24(15-28)25-14-26(18-34-17-25)32(39)36-29-20-37(19-23-8-11-33-12-9-23)13-10-30(29)41-27-6-4-22(5-7-27)16-35-31/h1-9,11-12,14-15,17-18,29-30H,10,13,16,19-21H2,(H,35,38)(H,36,39)/t29-,30+/m1/s1. The molecule has 2 N–H and O–H groups in total. The van der Waals surface area contributed by atoms with Crippen molar-refractivity contribution in [3.63, 3.8) is 0 Å². The van der Waals surface area contributed by atoms with Crippen LogP contribution in [0.2, 0.25) is 0 Å². The summed E-state index contributed by atoms with van der Waals surface area (Å²) < 4.78 is 12.2. The molecule has 9 heteroatoms.